The van der Waals surface area contributed by atoms with Crippen LogP contribution < -0.4 is 24.6 Å². The van der Waals surface area contributed by atoms with Gasteiger partial charge in [-0.2, -0.15) is 0 Å². The largest absolute Gasteiger partial charge is 0.497 e. The summed E-state index contributed by atoms with van der Waals surface area (Å²) in [7, 11) is 3.15. The zero-order chi connectivity index (χ0) is 21.1. The molecule has 0 radical (unpaired) electrons. The number of hydrogen-bond donors (Lipinski definition) is 1. The van der Waals surface area contributed by atoms with Crippen LogP contribution in [0.5, 0.6) is 11.5 Å². The number of piperidine rings is 1. The summed E-state index contributed by atoms with van der Waals surface area (Å²) in [5, 5.41) is 12.9. The van der Waals surface area contributed by atoms with Gasteiger partial charge >= 0.3 is 0 Å². The zero-order valence-electron chi connectivity index (χ0n) is 17.1. The Morgan fingerprint density at radius 1 is 1.10 bits per heavy atom. The molecule has 4 rings (SSSR count). The topological polar surface area (TPSA) is 96.9 Å². The molecular formula is C20H25N5O4S. The van der Waals surface area contributed by atoms with Gasteiger partial charge in [-0.3, -0.25) is 14.5 Å². The molecule has 10 heteroatoms. The van der Waals surface area contributed by atoms with E-state index in [1.807, 2.05) is 0 Å². The number of ether oxygens (including phenoxy) is 2. The maximum Gasteiger partial charge on any atom is 0.229 e. The van der Waals surface area contributed by atoms with E-state index in [4.69, 9.17) is 9.47 Å². The lowest BCUT2D eigenvalue weighted by atomic mass is 9.97. The summed E-state index contributed by atoms with van der Waals surface area (Å²) < 4.78 is 10.5. The van der Waals surface area contributed by atoms with Crippen LogP contribution in [0.3, 0.4) is 0 Å². The zero-order valence-corrected chi connectivity index (χ0v) is 17.9. The van der Waals surface area contributed by atoms with Crippen LogP contribution in [0.1, 0.15) is 25.7 Å². The number of nitrogens with zero attached hydrogens (tertiary/aromatic N) is 4. The van der Waals surface area contributed by atoms with Gasteiger partial charge in [0.25, 0.3) is 0 Å². The van der Waals surface area contributed by atoms with Gasteiger partial charge in [0.05, 0.1) is 20.1 Å². The number of hydrogen-bond acceptors (Lipinski definition) is 8. The molecule has 0 spiro atoms. The predicted molar refractivity (Wildman–Crippen MR) is 115 cm³/mol. The van der Waals surface area contributed by atoms with Crippen LogP contribution >= 0.6 is 11.3 Å². The van der Waals surface area contributed by atoms with Gasteiger partial charge < -0.3 is 19.7 Å². The first kappa shape index (κ1) is 20.4. The Morgan fingerprint density at radius 2 is 1.83 bits per heavy atom. The molecule has 2 fully saturated rings. The first-order valence-corrected chi connectivity index (χ1v) is 10.8. The minimum Gasteiger partial charge on any atom is -0.497 e. The number of anilines is 3. The van der Waals surface area contributed by atoms with Crippen molar-refractivity contribution in [1.29, 1.82) is 0 Å². The van der Waals surface area contributed by atoms with Gasteiger partial charge in [0.2, 0.25) is 22.1 Å². The van der Waals surface area contributed by atoms with E-state index in [0.29, 0.717) is 41.8 Å². The number of nitrogens with one attached hydrogen (secondary N) is 1. The van der Waals surface area contributed by atoms with Crippen LogP contribution in [0, 0.1) is 5.92 Å². The Labute approximate surface area is 179 Å². The highest BCUT2D eigenvalue weighted by atomic mass is 32.1. The summed E-state index contributed by atoms with van der Waals surface area (Å²) in [5.74, 6) is 1.12. The van der Waals surface area contributed by atoms with E-state index in [2.05, 4.69) is 20.4 Å². The van der Waals surface area contributed by atoms with E-state index in [0.717, 1.165) is 30.9 Å². The minimum absolute atomic E-state index is 0.0468. The van der Waals surface area contributed by atoms with Gasteiger partial charge in [-0.25, -0.2) is 0 Å². The Hall–Kier alpha value is -2.88. The van der Waals surface area contributed by atoms with Crippen LogP contribution in [-0.4, -0.2) is 55.9 Å². The fraction of sp³-hybridized carbons (Fsp3) is 0.500. The third-order valence-electron chi connectivity index (χ3n) is 5.39. The van der Waals surface area contributed by atoms with Crippen molar-refractivity contribution in [2.45, 2.75) is 25.7 Å². The number of aromatic nitrogens is 2. The summed E-state index contributed by atoms with van der Waals surface area (Å²) in [6.45, 7) is 2.08. The lowest BCUT2D eigenvalue weighted by molar-refractivity contribution is -0.120. The van der Waals surface area contributed by atoms with Gasteiger partial charge in [-0.05, 0) is 19.3 Å². The summed E-state index contributed by atoms with van der Waals surface area (Å²) in [6.07, 6.45) is 3.11. The third-order valence-corrected chi connectivity index (χ3v) is 6.40. The molecule has 2 saturated heterocycles. The third kappa shape index (κ3) is 4.33. The second-order valence-corrected chi connectivity index (χ2v) is 8.33. The molecule has 0 aliphatic carbocycles. The SMILES string of the molecule is COc1cc(NC(=O)[C@@H]2CCCN(c3nnc(N4CCCC4=O)s3)C2)cc(OC)c1. The Kier molecular flexibility index (Phi) is 6.03. The van der Waals surface area contributed by atoms with Gasteiger partial charge in [-0.15, -0.1) is 10.2 Å². The highest BCUT2D eigenvalue weighted by Crippen LogP contribution is 2.33. The van der Waals surface area contributed by atoms with E-state index in [1.54, 1.807) is 37.3 Å². The lowest BCUT2D eigenvalue weighted by Gasteiger charge is -2.31. The number of rotatable bonds is 6. The monoisotopic (exact) mass is 431 g/mol. The fourth-order valence-electron chi connectivity index (χ4n) is 3.78. The van der Waals surface area contributed by atoms with Crippen molar-refractivity contribution in [2.24, 2.45) is 5.92 Å². The lowest BCUT2D eigenvalue weighted by Crippen LogP contribution is -2.40. The molecule has 30 heavy (non-hydrogen) atoms. The Bertz CT molecular complexity index is 911. The highest BCUT2D eigenvalue weighted by molar-refractivity contribution is 7.19. The molecule has 2 aliphatic heterocycles. The molecule has 2 aromatic rings. The normalized spacial score (nSPS) is 19.1. The van der Waals surface area contributed by atoms with Crippen LogP contribution in [0.4, 0.5) is 16.0 Å². The van der Waals surface area contributed by atoms with Crippen LogP contribution in [0.25, 0.3) is 0 Å². The van der Waals surface area contributed by atoms with Crippen molar-refractivity contribution in [1.82, 2.24) is 10.2 Å². The van der Waals surface area contributed by atoms with Crippen molar-refractivity contribution in [3.63, 3.8) is 0 Å². The van der Waals surface area contributed by atoms with E-state index in [9.17, 15) is 9.59 Å². The Balaban J connectivity index is 1.42. The van der Waals surface area contributed by atoms with E-state index < -0.39 is 0 Å². The maximum atomic E-state index is 12.9. The molecule has 1 atom stereocenters. The van der Waals surface area contributed by atoms with Crippen molar-refractivity contribution >= 4 is 39.1 Å². The Morgan fingerprint density at radius 3 is 2.50 bits per heavy atom. The maximum absolute atomic E-state index is 12.9. The molecular weight excluding hydrogens is 406 g/mol. The van der Waals surface area contributed by atoms with Gasteiger partial charge in [-0.1, -0.05) is 11.3 Å². The first-order chi connectivity index (χ1) is 14.6. The van der Waals surface area contributed by atoms with Crippen molar-refractivity contribution in [3.8, 4) is 11.5 Å². The standard InChI is InChI=1S/C20H25N5O4S/c1-28-15-9-14(10-16(11-15)29-2)21-18(27)13-5-3-7-24(12-13)19-22-23-20(30-19)25-8-4-6-17(25)26/h9-11,13H,3-8,12H2,1-2H3,(H,21,27)/t13-/m1/s1. The van der Waals surface area contributed by atoms with E-state index in [-0.39, 0.29) is 17.7 Å². The quantitative estimate of drug-likeness (QED) is 0.751. The molecule has 1 aromatic carbocycles. The van der Waals surface area contributed by atoms with Crippen molar-refractivity contribution in [3.05, 3.63) is 18.2 Å². The first-order valence-electron chi connectivity index (χ1n) is 10.00. The molecule has 9 nitrogen and oxygen atoms in total. The summed E-state index contributed by atoms with van der Waals surface area (Å²) in [4.78, 5) is 28.6. The molecule has 0 saturated carbocycles. The molecule has 2 amide bonds. The molecule has 160 valence electrons. The smallest absolute Gasteiger partial charge is 0.229 e. The van der Waals surface area contributed by atoms with Crippen LogP contribution in [-0.2, 0) is 9.59 Å². The average molecular weight is 432 g/mol. The molecule has 2 aliphatic rings. The summed E-state index contributed by atoms with van der Waals surface area (Å²) in [5.41, 5.74) is 0.638. The summed E-state index contributed by atoms with van der Waals surface area (Å²) >= 11 is 1.41. The van der Waals surface area contributed by atoms with E-state index in [1.165, 1.54) is 11.3 Å². The highest BCUT2D eigenvalue weighted by Gasteiger charge is 2.30. The number of methoxy groups -OCH3 is 2. The summed E-state index contributed by atoms with van der Waals surface area (Å²) in [6, 6.07) is 5.30. The minimum atomic E-state index is -0.170. The second-order valence-electron chi connectivity index (χ2n) is 7.39. The van der Waals surface area contributed by atoms with Gasteiger partial charge in [0, 0.05) is 49.9 Å². The van der Waals surface area contributed by atoms with Gasteiger partial charge in [0.15, 0.2) is 0 Å². The van der Waals surface area contributed by atoms with Crippen molar-refractivity contribution in [2.75, 3.05) is 49.0 Å². The number of amides is 2. The molecule has 3 heterocycles. The van der Waals surface area contributed by atoms with Crippen LogP contribution in [0.15, 0.2) is 18.2 Å². The fourth-order valence-corrected chi connectivity index (χ4v) is 4.71. The predicted octanol–water partition coefficient (Wildman–Crippen LogP) is 2.54. The average Bonchev–Trinajstić information content (AvgIpc) is 3.42. The van der Waals surface area contributed by atoms with Crippen molar-refractivity contribution < 1.29 is 19.1 Å². The molecule has 0 unspecified atom stereocenters. The number of carbonyl (C=O) groups excluding carboxylic acids is 2. The van der Waals surface area contributed by atoms with E-state index >= 15 is 0 Å². The molecule has 1 N–H and O–H groups in total. The molecule has 0 bridgehead atoms. The second kappa shape index (κ2) is 8.86. The van der Waals surface area contributed by atoms with Gasteiger partial charge in [0.1, 0.15) is 11.5 Å². The van der Waals surface area contributed by atoms with Crippen LogP contribution in [0.2, 0.25) is 0 Å². The number of benzene rings is 1. The number of carbonyl (C=O) groups is 2. The molecule has 1 aromatic heterocycles.